The molecule has 1 aromatic rings. The molecule has 10 heteroatoms. The lowest BCUT2D eigenvalue weighted by molar-refractivity contribution is -0.134. The molecule has 1 N–H and O–H groups in total. The first-order chi connectivity index (χ1) is 14.7. The van der Waals surface area contributed by atoms with Gasteiger partial charge in [-0.2, -0.15) is 17.0 Å². The molecule has 31 heavy (non-hydrogen) atoms. The Morgan fingerprint density at radius 2 is 1.71 bits per heavy atom. The number of benzene rings is 1. The summed E-state index contributed by atoms with van der Waals surface area (Å²) in [5.74, 6) is -0.653. The molecule has 1 aliphatic heterocycles. The number of nitrogens with one attached hydrogen (secondary N) is 1. The summed E-state index contributed by atoms with van der Waals surface area (Å²) in [5, 5.41) is 3.00. The van der Waals surface area contributed by atoms with Crippen LogP contribution in [0.15, 0.2) is 24.3 Å². The van der Waals surface area contributed by atoms with Gasteiger partial charge in [0.25, 0.3) is 16.1 Å². The van der Waals surface area contributed by atoms with Crippen LogP contribution in [-0.2, 0) is 15.0 Å². The molecule has 0 spiro atoms. The second kappa shape index (κ2) is 10.3. The van der Waals surface area contributed by atoms with Gasteiger partial charge in [0.15, 0.2) is 0 Å². The minimum absolute atomic E-state index is 0.0541. The van der Waals surface area contributed by atoms with Gasteiger partial charge < -0.3 is 10.2 Å². The molecule has 2 fully saturated rings. The SMILES string of the molecule is CC(NC(=O)c1ccccc1Cl)C(=O)N1CCN(S(=O)(=O)N(C)C2CCCCC2)CC1. The van der Waals surface area contributed by atoms with Crippen LogP contribution in [-0.4, -0.2) is 79.1 Å². The number of carbonyl (C=O) groups excluding carboxylic acids is 2. The first kappa shape index (κ1) is 24.0. The third-order valence-corrected chi connectivity index (χ3v) is 8.54. The van der Waals surface area contributed by atoms with Gasteiger partial charge in [0.2, 0.25) is 5.91 Å². The molecule has 0 radical (unpaired) electrons. The predicted molar refractivity (Wildman–Crippen MR) is 120 cm³/mol. The average molecular weight is 471 g/mol. The monoisotopic (exact) mass is 470 g/mol. The summed E-state index contributed by atoms with van der Waals surface area (Å²) in [6, 6.07) is 5.97. The minimum atomic E-state index is -3.55. The first-order valence-electron chi connectivity index (χ1n) is 10.8. The third-order valence-electron chi connectivity index (χ3n) is 6.17. The molecular weight excluding hydrogens is 440 g/mol. The fourth-order valence-corrected chi connectivity index (χ4v) is 6.01. The Labute approximate surface area is 189 Å². The van der Waals surface area contributed by atoms with Crippen molar-refractivity contribution >= 4 is 33.6 Å². The van der Waals surface area contributed by atoms with E-state index in [1.54, 1.807) is 43.1 Å². The number of hydrogen-bond acceptors (Lipinski definition) is 4. The molecule has 1 aromatic carbocycles. The highest BCUT2D eigenvalue weighted by atomic mass is 35.5. The summed E-state index contributed by atoms with van der Waals surface area (Å²) in [4.78, 5) is 26.8. The number of rotatable bonds is 6. The Kier molecular flexibility index (Phi) is 7.96. The van der Waals surface area contributed by atoms with Crippen molar-refractivity contribution in [3.05, 3.63) is 34.9 Å². The van der Waals surface area contributed by atoms with Crippen molar-refractivity contribution < 1.29 is 18.0 Å². The number of carbonyl (C=O) groups is 2. The van der Waals surface area contributed by atoms with Gasteiger partial charge in [0, 0.05) is 39.3 Å². The van der Waals surface area contributed by atoms with Gasteiger partial charge in [-0.15, -0.1) is 0 Å². The maximum absolute atomic E-state index is 13.0. The molecule has 1 heterocycles. The van der Waals surface area contributed by atoms with Crippen LogP contribution in [0.1, 0.15) is 49.4 Å². The van der Waals surface area contributed by atoms with Crippen LogP contribution in [0.25, 0.3) is 0 Å². The molecule has 2 amide bonds. The zero-order chi connectivity index (χ0) is 22.6. The fraction of sp³-hybridized carbons (Fsp3) is 0.619. The van der Waals surface area contributed by atoms with Crippen LogP contribution >= 0.6 is 11.6 Å². The van der Waals surface area contributed by atoms with Crippen LogP contribution in [0, 0.1) is 0 Å². The summed E-state index contributed by atoms with van der Waals surface area (Å²) >= 11 is 6.05. The molecule has 1 aliphatic carbocycles. The summed E-state index contributed by atoms with van der Waals surface area (Å²) in [7, 11) is -1.88. The molecule has 0 bridgehead atoms. The van der Waals surface area contributed by atoms with Crippen molar-refractivity contribution in [3.63, 3.8) is 0 Å². The van der Waals surface area contributed by atoms with Gasteiger partial charge in [-0.3, -0.25) is 9.59 Å². The van der Waals surface area contributed by atoms with Gasteiger partial charge in [-0.1, -0.05) is 43.0 Å². The summed E-state index contributed by atoms with van der Waals surface area (Å²) in [6.45, 7) is 2.70. The van der Waals surface area contributed by atoms with E-state index in [4.69, 9.17) is 11.6 Å². The standard InChI is InChI=1S/C21H31ClN4O4S/c1-16(23-20(27)18-10-6-7-11-19(18)22)21(28)25-12-14-26(15-13-25)31(29,30)24(2)17-8-4-3-5-9-17/h6-7,10-11,16-17H,3-5,8-9,12-15H2,1-2H3,(H,23,27). The maximum atomic E-state index is 13.0. The van der Waals surface area contributed by atoms with E-state index in [-0.39, 0.29) is 25.0 Å². The number of piperazine rings is 1. The van der Waals surface area contributed by atoms with E-state index in [2.05, 4.69) is 5.32 Å². The van der Waals surface area contributed by atoms with E-state index in [1.807, 2.05) is 0 Å². The van der Waals surface area contributed by atoms with Gasteiger partial charge in [0.05, 0.1) is 10.6 Å². The predicted octanol–water partition coefficient (Wildman–Crippen LogP) is 2.11. The molecule has 1 atom stereocenters. The summed E-state index contributed by atoms with van der Waals surface area (Å²) in [6.07, 6.45) is 5.08. The molecule has 1 unspecified atom stereocenters. The highest BCUT2D eigenvalue weighted by molar-refractivity contribution is 7.86. The molecule has 8 nitrogen and oxygen atoms in total. The van der Waals surface area contributed by atoms with Crippen LogP contribution < -0.4 is 5.32 Å². The lowest BCUT2D eigenvalue weighted by Gasteiger charge is -2.39. The Hall–Kier alpha value is -1.68. The van der Waals surface area contributed by atoms with Gasteiger partial charge in [0.1, 0.15) is 6.04 Å². The molecule has 1 saturated heterocycles. The Morgan fingerprint density at radius 1 is 1.10 bits per heavy atom. The zero-order valence-electron chi connectivity index (χ0n) is 18.1. The van der Waals surface area contributed by atoms with E-state index < -0.39 is 22.2 Å². The lowest BCUT2D eigenvalue weighted by atomic mass is 9.96. The van der Waals surface area contributed by atoms with Crippen molar-refractivity contribution in [1.29, 1.82) is 0 Å². The number of amides is 2. The van der Waals surface area contributed by atoms with Crippen LogP contribution in [0.4, 0.5) is 0 Å². The number of nitrogens with zero attached hydrogens (tertiary/aromatic N) is 3. The third kappa shape index (κ3) is 5.58. The van der Waals surface area contributed by atoms with E-state index in [1.165, 1.54) is 8.61 Å². The Balaban J connectivity index is 1.54. The van der Waals surface area contributed by atoms with Gasteiger partial charge >= 0.3 is 0 Å². The zero-order valence-corrected chi connectivity index (χ0v) is 19.7. The van der Waals surface area contributed by atoms with Crippen molar-refractivity contribution in [2.75, 3.05) is 33.2 Å². The summed E-state index contributed by atoms with van der Waals surface area (Å²) < 4.78 is 29.0. The van der Waals surface area contributed by atoms with Crippen LogP contribution in [0.5, 0.6) is 0 Å². The first-order valence-corrected chi connectivity index (χ1v) is 12.6. The highest BCUT2D eigenvalue weighted by Crippen LogP contribution is 2.25. The van der Waals surface area contributed by atoms with E-state index in [9.17, 15) is 18.0 Å². The number of hydrogen-bond donors (Lipinski definition) is 1. The van der Waals surface area contributed by atoms with Crippen molar-refractivity contribution in [3.8, 4) is 0 Å². The quantitative estimate of drug-likeness (QED) is 0.689. The van der Waals surface area contributed by atoms with Crippen molar-refractivity contribution in [2.24, 2.45) is 0 Å². The average Bonchev–Trinajstić information content (AvgIpc) is 2.78. The van der Waals surface area contributed by atoms with E-state index in [0.717, 1.165) is 32.1 Å². The Morgan fingerprint density at radius 3 is 2.32 bits per heavy atom. The molecule has 3 rings (SSSR count). The normalized spacial score (nSPS) is 19.9. The molecule has 2 aliphatic rings. The topological polar surface area (TPSA) is 90.0 Å². The highest BCUT2D eigenvalue weighted by Gasteiger charge is 2.36. The summed E-state index contributed by atoms with van der Waals surface area (Å²) in [5.41, 5.74) is 0.311. The lowest BCUT2D eigenvalue weighted by Crippen LogP contribution is -2.57. The Bertz CT molecular complexity index is 896. The smallest absolute Gasteiger partial charge is 0.282 e. The van der Waals surface area contributed by atoms with Crippen LogP contribution in [0.3, 0.4) is 0 Å². The largest absolute Gasteiger partial charge is 0.340 e. The molecule has 172 valence electrons. The van der Waals surface area contributed by atoms with E-state index in [0.29, 0.717) is 23.7 Å². The molecule has 0 aromatic heterocycles. The second-order valence-electron chi connectivity index (χ2n) is 8.22. The van der Waals surface area contributed by atoms with Crippen LogP contribution in [0.2, 0.25) is 5.02 Å². The van der Waals surface area contributed by atoms with Crippen molar-refractivity contribution in [1.82, 2.24) is 18.8 Å². The maximum Gasteiger partial charge on any atom is 0.282 e. The number of halogens is 1. The molecular formula is C21H31ClN4O4S. The van der Waals surface area contributed by atoms with Gasteiger partial charge in [-0.05, 0) is 31.9 Å². The molecule has 1 saturated carbocycles. The minimum Gasteiger partial charge on any atom is -0.340 e. The second-order valence-corrected chi connectivity index (χ2v) is 10.6. The van der Waals surface area contributed by atoms with Gasteiger partial charge in [-0.25, -0.2) is 0 Å². The van der Waals surface area contributed by atoms with Crippen molar-refractivity contribution in [2.45, 2.75) is 51.1 Å². The fourth-order valence-electron chi connectivity index (χ4n) is 4.21. The van der Waals surface area contributed by atoms with E-state index >= 15 is 0 Å².